The molecule has 2 heteroatoms. The summed E-state index contributed by atoms with van der Waals surface area (Å²) in [6.45, 7) is 3.00. The van der Waals surface area contributed by atoms with Gasteiger partial charge in [0.15, 0.2) is 0 Å². The molecule has 2 aromatic rings. The van der Waals surface area contributed by atoms with Crippen LogP contribution < -0.4 is 9.47 Å². The van der Waals surface area contributed by atoms with Gasteiger partial charge in [-0.05, 0) is 41.8 Å². The molecule has 2 aromatic carbocycles. The van der Waals surface area contributed by atoms with Gasteiger partial charge in [0, 0.05) is 0 Å². The van der Waals surface area contributed by atoms with Gasteiger partial charge in [-0.3, -0.25) is 0 Å². The molecule has 0 unspecified atom stereocenters. The lowest BCUT2D eigenvalue weighted by atomic mass is 10.1. The van der Waals surface area contributed by atoms with E-state index in [1.54, 1.807) is 7.11 Å². The van der Waals surface area contributed by atoms with Crippen molar-refractivity contribution in [1.82, 2.24) is 0 Å². The molecular formula is C18H22O2. The highest BCUT2D eigenvalue weighted by Gasteiger charge is 1.99. The maximum Gasteiger partial charge on any atom is 0.119 e. The summed E-state index contributed by atoms with van der Waals surface area (Å²) in [6, 6.07) is 16.3. The predicted octanol–water partition coefficient (Wildman–Crippen LogP) is 4.93. The van der Waals surface area contributed by atoms with Gasteiger partial charge in [0.1, 0.15) is 11.5 Å². The fraction of sp³-hybridized carbons (Fsp3) is 0.333. The van der Waals surface area contributed by atoms with Crippen LogP contribution in [0.15, 0.2) is 48.5 Å². The molecule has 0 aliphatic rings. The van der Waals surface area contributed by atoms with E-state index < -0.39 is 0 Å². The standard InChI is InChI=1S/C18H22O2/c1-3-4-5-14-20-18-12-8-16(9-13-18)15-6-10-17(19-2)11-7-15/h6-13H,3-5,14H2,1-2H3. The average Bonchev–Trinajstić information content (AvgIpc) is 2.52. The molecule has 0 aliphatic heterocycles. The molecule has 0 aromatic heterocycles. The summed E-state index contributed by atoms with van der Waals surface area (Å²) in [7, 11) is 1.68. The molecule has 106 valence electrons. The van der Waals surface area contributed by atoms with Crippen molar-refractivity contribution < 1.29 is 9.47 Å². The van der Waals surface area contributed by atoms with Gasteiger partial charge in [-0.2, -0.15) is 0 Å². The van der Waals surface area contributed by atoms with E-state index in [0.29, 0.717) is 0 Å². The lowest BCUT2D eigenvalue weighted by Crippen LogP contribution is -1.96. The van der Waals surface area contributed by atoms with E-state index in [1.165, 1.54) is 24.0 Å². The highest BCUT2D eigenvalue weighted by Crippen LogP contribution is 2.24. The molecular weight excluding hydrogens is 248 g/mol. The summed E-state index contributed by atoms with van der Waals surface area (Å²) in [5, 5.41) is 0. The first-order valence-corrected chi connectivity index (χ1v) is 7.21. The van der Waals surface area contributed by atoms with Crippen molar-refractivity contribution in [3.8, 4) is 22.6 Å². The Bertz CT molecular complexity index is 500. The van der Waals surface area contributed by atoms with Crippen molar-refractivity contribution in [2.45, 2.75) is 26.2 Å². The quantitative estimate of drug-likeness (QED) is 0.664. The Morgan fingerprint density at radius 2 is 1.30 bits per heavy atom. The third kappa shape index (κ3) is 4.02. The molecule has 2 nitrogen and oxygen atoms in total. The summed E-state index contributed by atoms with van der Waals surface area (Å²) in [5.41, 5.74) is 2.37. The molecule has 2 rings (SSSR count). The SMILES string of the molecule is CCCCCOc1ccc(-c2ccc(OC)cc2)cc1. The van der Waals surface area contributed by atoms with Crippen LogP contribution in [0.2, 0.25) is 0 Å². The zero-order valence-electron chi connectivity index (χ0n) is 12.3. The molecule has 0 saturated carbocycles. The zero-order chi connectivity index (χ0) is 14.2. The average molecular weight is 270 g/mol. The Hall–Kier alpha value is -1.96. The molecule has 0 saturated heterocycles. The predicted molar refractivity (Wildman–Crippen MR) is 83.5 cm³/mol. The van der Waals surface area contributed by atoms with Crippen LogP contribution >= 0.6 is 0 Å². The van der Waals surface area contributed by atoms with Gasteiger partial charge in [0.2, 0.25) is 0 Å². The minimum Gasteiger partial charge on any atom is -0.497 e. The van der Waals surface area contributed by atoms with Gasteiger partial charge in [0.05, 0.1) is 13.7 Å². The lowest BCUT2D eigenvalue weighted by molar-refractivity contribution is 0.306. The number of hydrogen-bond acceptors (Lipinski definition) is 2. The third-order valence-corrected chi connectivity index (χ3v) is 3.29. The van der Waals surface area contributed by atoms with Gasteiger partial charge in [-0.1, -0.05) is 44.0 Å². The molecule has 0 amide bonds. The van der Waals surface area contributed by atoms with Gasteiger partial charge in [0.25, 0.3) is 0 Å². The van der Waals surface area contributed by atoms with Gasteiger partial charge in [-0.25, -0.2) is 0 Å². The van der Waals surface area contributed by atoms with Gasteiger partial charge < -0.3 is 9.47 Å². The Morgan fingerprint density at radius 1 is 0.750 bits per heavy atom. The second-order valence-electron chi connectivity index (χ2n) is 4.81. The molecule has 0 fully saturated rings. The van der Waals surface area contributed by atoms with Crippen LogP contribution in [-0.4, -0.2) is 13.7 Å². The Labute approximate surface area is 121 Å². The van der Waals surface area contributed by atoms with Crippen molar-refractivity contribution >= 4 is 0 Å². The number of hydrogen-bond donors (Lipinski definition) is 0. The summed E-state index contributed by atoms with van der Waals surface area (Å²) in [4.78, 5) is 0. The van der Waals surface area contributed by atoms with Crippen LogP contribution in [0.3, 0.4) is 0 Å². The molecule has 0 heterocycles. The minimum absolute atomic E-state index is 0.801. The fourth-order valence-electron chi connectivity index (χ4n) is 2.07. The van der Waals surface area contributed by atoms with Crippen LogP contribution in [0.25, 0.3) is 11.1 Å². The second kappa shape index (κ2) is 7.59. The molecule has 0 radical (unpaired) electrons. The Balaban J connectivity index is 1.96. The van der Waals surface area contributed by atoms with Crippen LogP contribution in [0.1, 0.15) is 26.2 Å². The maximum absolute atomic E-state index is 5.72. The first-order chi connectivity index (χ1) is 9.83. The normalized spacial score (nSPS) is 10.3. The highest BCUT2D eigenvalue weighted by atomic mass is 16.5. The van der Waals surface area contributed by atoms with E-state index in [1.807, 2.05) is 24.3 Å². The van der Waals surface area contributed by atoms with Crippen LogP contribution in [0.5, 0.6) is 11.5 Å². The van der Waals surface area contributed by atoms with E-state index in [-0.39, 0.29) is 0 Å². The summed E-state index contributed by atoms with van der Waals surface area (Å²) in [6.07, 6.45) is 3.57. The number of unbranched alkanes of at least 4 members (excludes halogenated alkanes) is 2. The summed E-state index contributed by atoms with van der Waals surface area (Å²) >= 11 is 0. The van der Waals surface area contributed by atoms with Crippen molar-refractivity contribution in [1.29, 1.82) is 0 Å². The monoisotopic (exact) mass is 270 g/mol. The largest absolute Gasteiger partial charge is 0.497 e. The molecule has 0 bridgehead atoms. The van der Waals surface area contributed by atoms with Crippen molar-refractivity contribution in [3.63, 3.8) is 0 Å². The number of rotatable bonds is 7. The Kier molecular flexibility index (Phi) is 5.48. The molecule has 0 aliphatic carbocycles. The van der Waals surface area contributed by atoms with Crippen molar-refractivity contribution in [2.24, 2.45) is 0 Å². The molecule has 20 heavy (non-hydrogen) atoms. The summed E-state index contributed by atoms with van der Waals surface area (Å²) in [5.74, 6) is 1.82. The van der Waals surface area contributed by atoms with E-state index in [9.17, 15) is 0 Å². The number of ether oxygens (including phenoxy) is 2. The highest BCUT2D eigenvalue weighted by molar-refractivity contribution is 5.64. The van der Waals surface area contributed by atoms with E-state index in [4.69, 9.17) is 9.47 Å². The van der Waals surface area contributed by atoms with Crippen molar-refractivity contribution in [3.05, 3.63) is 48.5 Å². The van der Waals surface area contributed by atoms with Crippen LogP contribution in [0, 0.1) is 0 Å². The molecule has 0 spiro atoms. The lowest BCUT2D eigenvalue weighted by Gasteiger charge is -2.07. The van der Waals surface area contributed by atoms with Crippen molar-refractivity contribution in [2.75, 3.05) is 13.7 Å². The first-order valence-electron chi connectivity index (χ1n) is 7.21. The van der Waals surface area contributed by atoms with E-state index in [2.05, 4.69) is 31.2 Å². The van der Waals surface area contributed by atoms with E-state index in [0.717, 1.165) is 24.5 Å². The maximum atomic E-state index is 5.72. The number of methoxy groups -OCH3 is 1. The van der Waals surface area contributed by atoms with Crippen LogP contribution in [-0.2, 0) is 0 Å². The van der Waals surface area contributed by atoms with Crippen LogP contribution in [0.4, 0.5) is 0 Å². The smallest absolute Gasteiger partial charge is 0.119 e. The third-order valence-electron chi connectivity index (χ3n) is 3.29. The van der Waals surface area contributed by atoms with Gasteiger partial charge in [-0.15, -0.1) is 0 Å². The number of benzene rings is 2. The van der Waals surface area contributed by atoms with Gasteiger partial charge >= 0.3 is 0 Å². The Morgan fingerprint density at radius 3 is 1.80 bits per heavy atom. The minimum atomic E-state index is 0.801. The molecule has 0 N–H and O–H groups in total. The second-order valence-corrected chi connectivity index (χ2v) is 4.81. The molecule has 0 atom stereocenters. The zero-order valence-corrected chi connectivity index (χ0v) is 12.3. The fourth-order valence-corrected chi connectivity index (χ4v) is 2.07. The topological polar surface area (TPSA) is 18.5 Å². The first kappa shape index (κ1) is 14.4. The summed E-state index contributed by atoms with van der Waals surface area (Å²) < 4.78 is 10.9. The van der Waals surface area contributed by atoms with E-state index >= 15 is 0 Å².